The van der Waals surface area contributed by atoms with Gasteiger partial charge in [0, 0.05) is 19.3 Å². The number of ether oxygens (including phenoxy) is 1. The predicted octanol–water partition coefficient (Wildman–Crippen LogP) is 4.30. The minimum Gasteiger partial charge on any atom is -0.467 e. The van der Waals surface area contributed by atoms with Gasteiger partial charge in [0.05, 0.1) is 18.9 Å². The van der Waals surface area contributed by atoms with Crippen molar-refractivity contribution >= 4 is 23.0 Å². The molecule has 0 radical (unpaired) electrons. The zero-order valence-electron chi connectivity index (χ0n) is 14.1. The molecule has 0 aliphatic heterocycles. The van der Waals surface area contributed by atoms with Gasteiger partial charge in [0.2, 0.25) is 0 Å². The van der Waals surface area contributed by atoms with Gasteiger partial charge in [0.1, 0.15) is 5.76 Å². The second kappa shape index (κ2) is 8.13. The Hall–Kier alpha value is -1.85. The van der Waals surface area contributed by atoms with Gasteiger partial charge in [-0.3, -0.25) is 0 Å². The van der Waals surface area contributed by atoms with E-state index >= 15 is 0 Å². The van der Waals surface area contributed by atoms with Crippen molar-refractivity contribution in [3.05, 3.63) is 53.5 Å². The highest BCUT2D eigenvalue weighted by atomic mass is 32.1. The van der Waals surface area contributed by atoms with Crippen LogP contribution in [0.3, 0.4) is 0 Å². The predicted molar refractivity (Wildman–Crippen MR) is 97.8 cm³/mol. The molecule has 1 N–H and O–H groups in total. The van der Waals surface area contributed by atoms with E-state index in [4.69, 9.17) is 21.4 Å². The van der Waals surface area contributed by atoms with Crippen LogP contribution in [-0.4, -0.2) is 30.3 Å². The first-order valence-corrected chi connectivity index (χ1v) is 8.11. The minimum absolute atomic E-state index is 0.0332. The molecule has 1 aromatic heterocycles. The van der Waals surface area contributed by atoms with Gasteiger partial charge in [-0.2, -0.15) is 0 Å². The lowest BCUT2D eigenvalue weighted by atomic mass is 10.1. The molecule has 0 bridgehead atoms. The van der Waals surface area contributed by atoms with Crippen LogP contribution in [0.2, 0.25) is 0 Å². The fraction of sp³-hybridized carbons (Fsp3) is 0.389. The van der Waals surface area contributed by atoms with Gasteiger partial charge < -0.3 is 19.4 Å². The maximum atomic E-state index is 5.63. The first kappa shape index (κ1) is 17.5. The normalized spacial score (nSPS) is 12.0. The summed E-state index contributed by atoms with van der Waals surface area (Å²) in [7, 11) is 1.69. The highest BCUT2D eigenvalue weighted by Gasteiger charge is 2.21. The Morgan fingerprint density at radius 1 is 1.35 bits per heavy atom. The van der Waals surface area contributed by atoms with Crippen molar-refractivity contribution < 1.29 is 9.15 Å². The Bertz CT molecular complexity index is 640. The van der Waals surface area contributed by atoms with Crippen molar-refractivity contribution in [3.63, 3.8) is 0 Å². The summed E-state index contributed by atoms with van der Waals surface area (Å²) in [6.45, 7) is 7.52. The Balaban J connectivity index is 2.15. The van der Waals surface area contributed by atoms with Crippen LogP contribution >= 0.6 is 12.2 Å². The molecule has 0 saturated carbocycles. The second-order valence-corrected chi connectivity index (χ2v) is 6.01. The molecule has 0 aliphatic carbocycles. The quantitative estimate of drug-likeness (QED) is 0.798. The molecular weight excluding hydrogens is 308 g/mol. The van der Waals surface area contributed by atoms with Crippen LogP contribution < -0.4 is 5.32 Å². The number of methoxy groups -OCH3 is 1. The van der Waals surface area contributed by atoms with E-state index in [0.717, 1.165) is 11.4 Å². The molecule has 23 heavy (non-hydrogen) atoms. The van der Waals surface area contributed by atoms with Crippen LogP contribution in [0.25, 0.3) is 0 Å². The van der Waals surface area contributed by atoms with E-state index in [1.807, 2.05) is 12.1 Å². The maximum Gasteiger partial charge on any atom is 0.174 e. The van der Waals surface area contributed by atoms with E-state index in [9.17, 15) is 0 Å². The van der Waals surface area contributed by atoms with Gasteiger partial charge in [-0.1, -0.05) is 17.7 Å². The lowest BCUT2D eigenvalue weighted by molar-refractivity contribution is 0.160. The number of hydrogen-bond acceptors (Lipinski definition) is 3. The molecule has 0 aliphatic rings. The van der Waals surface area contributed by atoms with E-state index in [0.29, 0.717) is 18.3 Å². The average molecular weight is 332 g/mol. The SMILES string of the molecule is COCCN(C(=S)Nc1ccc(C)cc1C)[C@H](C)c1ccco1. The summed E-state index contributed by atoms with van der Waals surface area (Å²) in [4.78, 5) is 2.08. The molecule has 0 spiro atoms. The van der Waals surface area contributed by atoms with E-state index in [1.54, 1.807) is 13.4 Å². The molecule has 124 valence electrons. The van der Waals surface area contributed by atoms with Gasteiger partial charge >= 0.3 is 0 Å². The van der Waals surface area contributed by atoms with Crippen molar-refractivity contribution in [2.45, 2.75) is 26.8 Å². The Morgan fingerprint density at radius 3 is 2.74 bits per heavy atom. The topological polar surface area (TPSA) is 37.6 Å². The number of furan rings is 1. The maximum absolute atomic E-state index is 5.63. The number of thiocarbonyl (C=S) groups is 1. The number of hydrogen-bond donors (Lipinski definition) is 1. The second-order valence-electron chi connectivity index (χ2n) is 5.63. The summed E-state index contributed by atoms with van der Waals surface area (Å²) < 4.78 is 10.7. The zero-order chi connectivity index (χ0) is 16.8. The summed E-state index contributed by atoms with van der Waals surface area (Å²) in [5, 5.41) is 4.01. The number of nitrogens with one attached hydrogen (secondary N) is 1. The van der Waals surface area contributed by atoms with Gasteiger partial charge in [-0.05, 0) is 56.8 Å². The summed E-state index contributed by atoms with van der Waals surface area (Å²) in [5.41, 5.74) is 3.43. The Labute approximate surface area is 143 Å². The summed E-state index contributed by atoms with van der Waals surface area (Å²) in [6, 6.07) is 10.2. The number of benzene rings is 1. The molecule has 0 unspecified atom stereocenters. The third-order valence-corrected chi connectivity index (χ3v) is 4.18. The van der Waals surface area contributed by atoms with Gasteiger partial charge in [0.25, 0.3) is 0 Å². The monoisotopic (exact) mass is 332 g/mol. The van der Waals surface area contributed by atoms with Crippen molar-refractivity contribution in [2.75, 3.05) is 25.6 Å². The molecule has 5 heteroatoms. The first-order valence-electron chi connectivity index (χ1n) is 7.70. The largest absolute Gasteiger partial charge is 0.467 e. The Kier molecular flexibility index (Phi) is 6.19. The van der Waals surface area contributed by atoms with Crippen molar-refractivity contribution in [1.29, 1.82) is 0 Å². The first-order chi connectivity index (χ1) is 11.0. The molecule has 1 atom stereocenters. The number of anilines is 1. The average Bonchev–Trinajstić information content (AvgIpc) is 3.04. The van der Waals surface area contributed by atoms with Crippen molar-refractivity contribution in [1.82, 2.24) is 4.90 Å². The van der Waals surface area contributed by atoms with Crippen LogP contribution in [0, 0.1) is 13.8 Å². The molecule has 0 saturated heterocycles. The van der Waals surface area contributed by atoms with Crippen LogP contribution in [-0.2, 0) is 4.74 Å². The molecule has 2 aromatic rings. The lowest BCUT2D eigenvalue weighted by Gasteiger charge is -2.30. The van der Waals surface area contributed by atoms with E-state index in [1.165, 1.54) is 11.1 Å². The smallest absolute Gasteiger partial charge is 0.174 e. The zero-order valence-corrected chi connectivity index (χ0v) is 14.9. The molecule has 2 rings (SSSR count). The van der Waals surface area contributed by atoms with E-state index in [2.05, 4.69) is 49.2 Å². The van der Waals surface area contributed by atoms with E-state index in [-0.39, 0.29) is 6.04 Å². The van der Waals surface area contributed by atoms with Crippen molar-refractivity contribution in [2.24, 2.45) is 0 Å². The molecule has 1 aromatic carbocycles. The number of nitrogens with zero attached hydrogens (tertiary/aromatic N) is 1. The fourth-order valence-electron chi connectivity index (χ4n) is 2.48. The number of aryl methyl sites for hydroxylation is 2. The number of rotatable bonds is 6. The third kappa shape index (κ3) is 4.56. The third-order valence-electron chi connectivity index (χ3n) is 3.84. The summed E-state index contributed by atoms with van der Waals surface area (Å²) in [5.74, 6) is 0.880. The lowest BCUT2D eigenvalue weighted by Crippen LogP contribution is -2.39. The summed E-state index contributed by atoms with van der Waals surface area (Å²) in [6.07, 6.45) is 1.68. The van der Waals surface area contributed by atoms with Crippen LogP contribution in [0.1, 0.15) is 29.9 Å². The standard InChI is InChI=1S/C18H24N2O2S/c1-13-7-8-16(14(2)12-13)19-18(23)20(9-11-21-4)15(3)17-6-5-10-22-17/h5-8,10,12,15H,9,11H2,1-4H3,(H,19,23)/t15-/m1/s1. The fourth-order valence-corrected chi connectivity index (χ4v) is 2.84. The Morgan fingerprint density at radius 2 is 2.13 bits per heavy atom. The minimum atomic E-state index is 0.0332. The highest BCUT2D eigenvalue weighted by Crippen LogP contribution is 2.23. The van der Waals surface area contributed by atoms with Gasteiger partial charge in [0.15, 0.2) is 5.11 Å². The molecule has 4 nitrogen and oxygen atoms in total. The molecule has 0 amide bonds. The van der Waals surface area contributed by atoms with Crippen LogP contribution in [0.15, 0.2) is 41.0 Å². The molecular formula is C18H24N2O2S. The van der Waals surface area contributed by atoms with Gasteiger partial charge in [-0.15, -0.1) is 0 Å². The van der Waals surface area contributed by atoms with Crippen molar-refractivity contribution in [3.8, 4) is 0 Å². The highest BCUT2D eigenvalue weighted by molar-refractivity contribution is 7.80. The molecule has 0 fully saturated rings. The van der Waals surface area contributed by atoms with Crippen LogP contribution in [0.5, 0.6) is 0 Å². The van der Waals surface area contributed by atoms with Gasteiger partial charge in [-0.25, -0.2) is 0 Å². The summed E-state index contributed by atoms with van der Waals surface area (Å²) >= 11 is 5.63. The van der Waals surface area contributed by atoms with E-state index < -0.39 is 0 Å². The molecule has 1 heterocycles. The van der Waals surface area contributed by atoms with Crippen LogP contribution in [0.4, 0.5) is 5.69 Å².